The first-order valence-electron chi connectivity index (χ1n) is 6.50. The van der Waals surface area contributed by atoms with E-state index >= 15 is 0 Å². The van der Waals surface area contributed by atoms with Crippen molar-refractivity contribution >= 4 is 5.78 Å². The molecule has 90 valence electrons. The quantitative estimate of drug-likeness (QED) is 0.643. The van der Waals surface area contributed by atoms with Gasteiger partial charge in [-0.05, 0) is 42.9 Å². The molecule has 0 N–H and O–H groups in total. The first kappa shape index (κ1) is 11.9. The van der Waals surface area contributed by atoms with Crippen molar-refractivity contribution in [3.05, 3.63) is 11.6 Å². The molecule has 0 spiro atoms. The van der Waals surface area contributed by atoms with Gasteiger partial charge in [-0.25, -0.2) is 0 Å². The van der Waals surface area contributed by atoms with Gasteiger partial charge in [-0.2, -0.15) is 0 Å². The van der Waals surface area contributed by atoms with Crippen LogP contribution in [0.15, 0.2) is 11.6 Å². The molecule has 3 unspecified atom stereocenters. The van der Waals surface area contributed by atoms with E-state index in [4.69, 9.17) is 0 Å². The Morgan fingerprint density at radius 2 is 2.06 bits per heavy atom. The maximum Gasteiger partial charge on any atom is 0.136 e. The molecule has 0 heterocycles. The van der Waals surface area contributed by atoms with Crippen molar-refractivity contribution in [2.75, 3.05) is 0 Å². The minimum absolute atomic E-state index is 0.0991. The second-order valence-electron chi connectivity index (χ2n) is 6.58. The molecule has 0 aromatic rings. The lowest BCUT2D eigenvalue weighted by Crippen LogP contribution is -2.28. The molecule has 3 atom stereocenters. The molecule has 0 amide bonds. The van der Waals surface area contributed by atoms with E-state index in [9.17, 15) is 4.79 Å². The van der Waals surface area contributed by atoms with Gasteiger partial charge in [0.2, 0.25) is 0 Å². The normalized spacial score (nSPS) is 40.3. The lowest BCUT2D eigenvalue weighted by Gasteiger charge is -2.36. The van der Waals surface area contributed by atoms with E-state index in [0.29, 0.717) is 10.8 Å². The van der Waals surface area contributed by atoms with Crippen molar-refractivity contribution in [1.29, 1.82) is 0 Å². The van der Waals surface area contributed by atoms with Crippen LogP contribution in [-0.4, -0.2) is 5.78 Å². The van der Waals surface area contributed by atoms with E-state index in [2.05, 4.69) is 26.8 Å². The largest absolute Gasteiger partial charge is 0.299 e. The monoisotopic (exact) mass is 220 g/mol. The molecule has 2 rings (SSSR count). The van der Waals surface area contributed by atoms with Gasteiger partial charge in [0.1, 0.15) is 5.78 Å². The van der Waals surface area contributed by atoms with Gasteiger partial charge in [-0.1, -0.05) is 39.3 Å². The van der Waals surface area contributed by atoms with Crippen LogP contribution in [0.2, 0.25) is 0 Å². The SMILES string of the molecule is CC(=O)C(C)C=C1CC2CCC1(C)C2(C)C. The molecule has 1 nitrogen and oxygen atoms in total. The summed E-state index contributed by atoms with van der Waals surface area (Å²) in [5.74, 6) is 1.22. The molecule has 0 aliphatic heterocycles. The second kappa shape index (κ2) is 3.45. The topological polar surface area (TPSA) is 17.1 Å². The third kappa shape index (κ3) is 1.40. The fourth-order valence-electron chi connectivity index (χ4n) is 3.69. The van der Waals surface area contributed by atoms with Crippen molar-refractivity contribution in [2.45, 2.75) is 53.9 Å². The number of rotatable bonds is 2. The van der Waals surface area contributed by atoms with Gasteiger partial charge >= 0.3 is 0 Å². The van der Waals surface area contributed by atoms with Crippen LogP contribution in [0, 0.1) is 22.7 Å². The van der Waals surface area contributed by atoms with Gasteiger partial charge in [-0.15, -0.1) is 0 Å². The zero-order valence-electron chi connectivity index (χ0n) is 11.3. The predicted octanol–water partition coefficient (Wildman–Crippen LogP) is 3.98. The van der Waals surface area contributed by atoms with Crippen molar-refractivity contribution in [2.24, 2.45) is 22.7 Å². The number of carbonyl (C=O) groups excluding carboxylic acids is 1. The minimum atomic E-state index is 0.0991. The van der Waals surface area contributed by atoms with Crippen molar-refractivity contribution in [3.8, 4) is 0 Å². The number of hydrogen-bond acceptors (Lipinski definition) is 1. The molecular weight excluding hydrogens is 196 g/mol. The fourth-order valence-corrected chi connectivity index (χ4v) is 3.69. The van der Waals surface area contributed by atoms with Crippen LogP contribution >= 0.6 is 0 Å². The highest BCUT2D eigenvalue weighted by atomic mass is 16.1. The van der Waals surface area contributed by atoms with Gasteiger partial charge in [0.05, 0.1) is 0 Å². The zero-order chi connectivity index (χ0) is 12.1. The Labute approximate surface area is 99.3 Å². The summed E-state index contributed by atoms with van der Waals surface area (Å²) in [7, 11) is 0. The summed E-state index contributed by atoms with van der Waals surface area (Å²) in [6, 6.07) is 0. The number of carbonyl (C=O) groups is 1. The fraction of sp³-hybridized carbons (Fsp3) is 0.800. The Balaban J connectivity index is 2.31. The minimum Gasteiger partial charge on any atom is -0.299 e. The van der Waals surface area contributed by atoms with Crippen LogP contribution in [0.1, 0.15) is 53.9 Å². The van der Waals surface area contributed by atoms with Gasteiger partial charge in [-0.3, -0.25) is 4.79 Å². The van der Waals surface area contributed by atoms with Crippen LogP contribution in [0.4, 0.5) is 0 Å². The average Bonchev–Trinajstić information content (AvgIpc) is 2.50. The highest BCUT2D eigenvalue weighted by molar-refractivity contribution is 5.79. The molecule has 0 aromatic heterocycles. The van der Waals surface area contributed by atoms with E-state index in [-0.39, 0.29) is 11.7 Å². The zero-order valence-corrected chi connectivity index (χ0v) is 11.3. The first-order valence-corrected chi connectivity index (χ1v) is 6.50. The highest BCUT2D eigenvalue weighted by Crippen LogP contribution is 2.68. The molecule has 2 bridgehead atoms. The van der Waals surface area contributed by atoms with Gasteiger partial charge in [0.15, 0.2) is 0 Å². The summed E-state index contributed by atoms with van der Waals surface area (Å²) in [6.45, 7) is 10.9. The molecule has 0 aromatic carbocycles. The molecular formula is C15H24O. The summed E-state index contributed by atoms with van der Waals surface area (Å²) in [5, 5.41) is 0. The van der Waals surface area contributed by atoms with Crippen LogP contribution in [0.25, 0.3) is 0 Å². The molecule has 2 fully saturated rings. The van der Waals surface area contributed by atoms with Gasteiger partial charge in [0, 0.05) is 5.92 Å². The van der Waals surface area contributed by atoms with E-state index in [1.165, 1.54) is 19.3 Å². The molecule has 1 heteroatoms. The number of allylic oxidation sites excluding steroid dienone is 2. The second-order valence-corrected chi connectivity index (χ2v) is 6.58. The van der Waals surface area contributed by atoms with E-state index in [0.717, 1.165) is 5.92 Å². The highest BCUT2D eigenvalue weighted by Gasteiger charge is 2.58. The maximum atomic E-state index is 11.4. The van der Waals surface area contributed by atoms with Crippen molar-refractivity contribution in [3.63, 3.8) is 0 Å². The Kier molecular flexibility index (Phi) is 2.56. The smallest absolute Gasteiger partial charge is 0.136 e. The summed E-state index contributed by atoms with van der Waals surface area (Å²) in [4.78, 5) is 11.4. The number of fused-ring (bicyclic) bond motifs is 2. The Bertz CT molecular complexity index is 350. The lowest BCUT2D eigenvalue weighted by atomic mass is 9.68. The summed E-state index contributed by atoms with van der Waals surface area (Å²) < 4.78 is 0. The van der Waals surface area contributed by atoms with Gasteiger partial charge in [0.25, 0.3) is 0 Å². The average molecular weight is 220 g/mol. The standard InChI is InChI=1S/C15H24O/c1-10(11(2)16)8-13-9-12-6-7-15(13,5)14(12,3)4/h8,10,12H,6-7,9H2,1-5H3. The third-order valence-corrected chi connectivity index (χ3v) is 5.70. The number of hydrogen-bond donors (Lipinski definition) is 0. The van der Waals surface area contributed by atoms with Crippen LogP contribution in [0.3, 0.4) is 0 Å². The Morgan fingerprint density at radius 3 is 2.44 bits per heavy atom. The third-order valence-electron chi connectivity index (χ3n) is 5.70. The van der Waals surface area contributed by atoms with Crippen LogP contribution < -0.4 is 0 Å². The maximum absolute atomic E-state index is 11.4. The summed E-state index contributed by atoms with van der Waals surface area (Å²) >= 11 is 0. The molecule has 16 heavy (non-hydrogen) atoms. The molecule has 2 aliphatic carbocycles. The van der Waals surface area contributed by atoms with Crippen molar-refractivity contribution < 1.29 is 4.79 Å². The van der Waals surface area contributed by atoms with E-state index in [1.54, 1.807) is 12.5 Å². The Morgan fingerprint density at radius 1 is 1.44 bits per heavy atom. The number of Topliss-reactive ketones (excluding diaryl/α,β-unsaturated/α-hetero) is 1. The Hall–Kier alpha value is -0.590. The lowest BCUT2D eigenvalue weighted by molar-refractivity contribution is -0.119. The van der Waals surface area contributed by atoms with Crippen LogP contribution in [-0.2, 0) is 4.79 Å². The number of ketones is 1. The predicted molar refractivity (Wildman–Crippen MR) is 67.2 cm³/mol. The molecule has 2 aliphatic rings. The van der Waals surface area contributed by atoms with E-state index in [1.807, 2.05) is 6.92 Å². The molecule has 2 saturated carbocycles. The molecule has 0 saturated heterocycles. The summed E-state index contributed by atoms with van der Waals surface area (Å²) in [6.07, 6.45) is 6.15. The molecule has 0 radical (unpaired) electrons. The first-order chi connectivity index (χ1) is 7.29. The van der Waals surface area contributed by atoms with Crippen molar-refractivity contribution in [1.82, 2.24) is 0 Å². The summed E-state index contributed by atoms with van der Waals surface area (Å²) in [5.41, 5.74) is 2.33. The van der Waals surface area contributed by atoms with Gasteiger partial charge < -0.3 is 0 Å². The van der Waals surface area contributed by atoms with Crippen LogP contribution in [0.5, 0.6) is 0 Å². The van der Waals surface area contributed by atoms with E-state index < -0.39 is 0 Å².